The van der Waals surface area contributed by atoms with Crippen LogP contribution < -0.4 is 10.7 Å². The van der Waals surface area contributed by atoms with Crippen LogP contribution in [-0.4, -0.2) is 18.7 Å². The average molecular weight is 268 g/mol. The van der Waals surface area contributed by atoms with E-state index in [0.717, 1.165) is 11.3 Å². The monoisotopic (exact) mass is 267 g/mol. The number of nitrogens with zero attached hydrogens (tertiary/aromatic N) is 1. The minimum absolute atomic E-state index is 0.163. The smallest absolute Gasteiger partial charge is 0.259 e. The van der Waals surface area contributed by atoms with E-state index >= 15 is 0 Å². The summed E-state index contributed by atoms with van der Waals surface area (Å²) in [6.45, 7) is 6.04. The molecule has 0 saturated carbocycles. The molecule has 0 saturated heterocycles. The molecular weight excluding hydrogens is 250 g/mol. The lowest BCUT2D eigenvalue weighted by atomic mass is 10.2. The van der Waals surface area contributed by atoms with Crippen LogP contribution in [0.3, 0.4) is 0 Å². The standard InChI is InChI=1S/C13H18ClN3O/c1-9(2)7-16-17-13(18)8-15-12-6-4-5-11(14)10(12)3/h4-7,9,15H,8H2,1-3H3,(H,17,18). The Balaban J connectivity index is 2.45. The molecule has 0 atom stereocenters. The molecule has 0 radical (unpaired) electrons. The Morgan fingerprint density at radius 1 is 1.50 bits per heavy atom. The van der Waals surface area contributed by atoms with E-state index in [4.69, 9.17) is 11.6 Å². The molecule has 2 N–H and O–H groups in total. The predicted molar refractivity (Wildman–Crippen MR) is 76.2 cm³/mol. The van der Waals surface area contributed by atoms with Crippen LogP contribution in [0.1, 0.15) is 19.4 Å². The van der Waals surface area contributed by atoms with Crippen LogP contribution in [0.2, 0.25) is 5.02 Å². The topological polar surface area (TPSA) is 53.5 Å². The SMILES string of the molecule is Cc1c(Cl)cccc1NCC(=O)NN=CC(C)C. The van der Waals surface area contributed by atoms with Crippen molar-refractivity contribution < 1.29 is 4.79 Å². The highest BCUT2D eigenvalue weighted by Crippen LogP contribution is 2.22. The van der Waals surface area contributed by atoms with Gasteiger partial charge in [-0.1, -0.05) is 31.5 Å². The van der Waals surface area contributed by atoms with Crippen molar-refractivity contribution in [1.82, 2.24) is 5.43 Å². The summed E-state index contributed by atoms with van der Waals surface area (Å²) in [6.07, 6.45) is 1.68. The van der Waals surface area contributed by atoms with Gasteiger partial charge in [0.05, 0.1) is 6.54 Å². The van der Waals surface area contributed by atoms with Crippen LogP contribution in [0.5, 0.6) is 0 Å². The number of nitrogens with one attached hydrogen (secondary N) is 2. The summed E-state index contributed by atoms with van der Waals surface area (Å²) in [5.41, 5.74) is 4.23. The number of halogens is 1. The van der Waals surface area contributed by atoms with Crippen molar-refractivity contribution in [3.63, 3.8) is 0 Å². The molecule has 1 rings (SSSR count). The zero-order valence-corrected chi connectivity index (χ0v) is 11.6. The fraction of sp³-hybridized carbons (Fsp3) is 0.385. The highest BCUT2D eigenvalue weighted by Gasteiger charge is 2.04. The summed E-state index contributed by atoms with van der Waals surface area (Å²) in [7, 11) is 0. The minimum Gasteiger partial charge on any atom is -0.376 e. The Morgan fingerprint density at radius 3 is 2.89 bits per heavy atom. The van der Waals surface area contributed by atoms with Gasteiger partial charge in [-0.15, -0.1) is 0 Å². The second-order valence-corrected chi connectivity index (χ2v) is 4.73. The van der Waals surface area contributed by atoms with Crippen molar-refractivity contribution in [3.05, 3.63) is 28.8 Å². The third-order valence-electron chi connectivity index (χ3n) is 2.27. The van der Waals surface area contributed by atoms with Crippen molar-refractivity contribution >= 4 is 29.4 Å². The normalized spacial score (nSPS) is 10.9. The van der Waals surface area contributed by atoms with Gasteiger partial charge in [0.2, 0.25) is 0 Å². The van der Waals surface area contributed by atoms with E-state index in [2.05, 4.69) is 15.8 Å². The first-order valence-corrected chi connectivity index (χ1v) is 6.19. The number of anilines is 1. The Bertz CT molecular complexity index is 444. The molecule has 0 aromatic heterocycles. The number of benzene rings is 1. The van der Waals surface area contributed by atoms with E-state index in [1.165, 1.54) is 0 Å². The van der Waals surface area contributed by atoms with Crippen LogP contribution in [0, 0.1) is 12.8 Å². The van der Waals surface area contributed by atoms with Gasteiger partial charge < -0.3 is 5.32 Å². The van der Waals surface area contributed by atoms with Gasteiger partial charge in [0.15, 0.2) is 0 Å². The lowest BCUT2D eigenvalue weighted by molar-refractivity contribution is -0.119. The molecule has 5 heteroatoms. The first kappa shape index (κ1) is 14.5. The molecule has 98 valence electrons. The summed E-state index contributed by atoms with van der Waals surface area (Å²) in [6, 6.07) is 5.54. The van der Waals surface area contributed by atoms with Gasteiger partial charge in [-0.05, 0) is 30.5 Å². The maximum Gasteiger partial charge on any atom is 0.259 e. The zero-order valence-electron chi connectivity index (χ0n) is 10.8. The molecule has 1 aromatic carbocycles. The minimum atomic E-state index is -0.189. The van der Waals surface area contributed by atoms with E-state index < -0.39 is 0 Å². The van der Waals surface area contributed by atoms with Gasteiger partial charge in [-0.2, -0.15) is 5.10 Å². The van der Waals surface area contributed by atoms with Gasteiger partial charge in [0.1, 0.15) is 0 Å². The number of amides is 1. The zero-order chi connectivity index (χ0) is 13.5. The van der Waals surface area contributed by atoms with Crippen LogP contribution in [0.15, 0.2) is 23.3 Å². The molecule has 0 aliphatic rings. The largest absolute Gasteiger partial charge is 0.376 e. The molecule has 1 aromatic rings. The maximum atomic E-state index is 11.5. The molecule has 0 fully saturated rings. The number of hydrogen-bond donors (Lipinski definition) is 2. The van der Waals surface area contributed by atoms with Crippen molar-refractivity contribution in [3.8, 4) is 0 Å². The third kappa shape index (κ3) is 4.75. The maximum absolute atomic E-state index is 11.5. The van der Waals surface area contributed by atoms with Gasteiger partial charge in [-0.3, -0.25) is 4.79 Å². The van der Waals surface area contributed by atoms with Crippen LogP contribution in [0.4, 0.5) is 5.69 Å². The van der Waals surface area contributed by atoms with E-state index in [1.807, 2.05) is 39.0 Å². The van der Waals surface area contributed by atoms with Crippen molar-refractivity contribution in [2.24, 2.45) is 11.0 Å². The molecule has 1 amide bonds. The summed E-state index contributed by atoms with van der Waals surface area (Å²) in [5.74, 6) is 0.125. The molecule has 0 aliphatic carbocycles. The Labute approximate surface area is 112 Å². The van der Waals surface area contributed by atoms with E-state index in [1.54, 1.807) is 6.21 Å². The summed E-state index contributed by atoms with van der Waals surface area (Å²) in [4.78, 5) is 11.5. The second-order valence-electron chi connectivity index (χ2n) is 4.32. The third-order valence-corrected chi connectivity index (χ3v) is 2.68. The number of rotatable bonds is 5. The van der Waals surface area contributed by atoms with Crippen LogP contribution >= 0.6 is 11.6 Å². The Morgan fingerprint density at radius 2 is 2.22 bits per heavy atom. The number of hydrogen-bond acceptors (Lipinski definition) is 3. The second kappa shape index (κ2) is 7.01. The van der Waals surface area contributed by atoms with Crippen LogP contribution in [-0.2, 0) is 4.79 Å². The predicted octanol–water partition coefficient (Wildman–Crippen LogP) is 2.82. The molecule has 18 heavy (non-hydrogen) atoms. The fourth-order valence-corrected chi connectivity index (χ4v) is 1.45. The molecule has 0 aliphatic heterocycles. The molecular formula is C13H18ClN3O. The van der Waals surface area contributed by atoms with Gasteiger partial charge >= 0.3 is 0 Å². The van der Waals surface area contributed by atoms with Gasteiger partial charge in [-0.25, -0.2) is 5.43 Å². The molecule has 0 spiro atoms. The van der Waals surface area contributed by atoms with Crippen LogP contribution in [0.25, 0.3) is 0 Å². The Kier molecular flexibility index (Phi) is 5.65. The fourth-order valence-electron chi connectivity index (χ4n) is 1.27. The summed E-state index contributed by atoms with van der Waals surface area (Å²) >= 11 is 5.98. The number of carbonyl (C=O) groups excluding carboxylic acids is 1. The first-order chi connectivity index (χ1) is 8.50. The lowest BCUT2D eigenvalue weighted by Gasteiger charge is -2.09. The Hall–Kier alpha value is -1.55. The molecule has 4 nitrogen and oxygen atoms in total. The molecule has 0 unspecified atom stereocenters. The first-order valence-electron chi connectivity index (χ1n) is 5.81. The lowest BCUT2D eigenvalue weighted by Crippen LogP contribution is -2.26. The van der Waals surface area contributed by atoms with Gasteiger partial charge in [0.25, 0.3) is 5.91 Å². The number of carbonyl (C=O) groups is 1. The molecule has 0 heterocycles. The summed E-state index contributed by atoms with van der Waals surface area (Å²) < 4.78 is 0. The summed E-state index contributed by atoms with van der Waals surface area (Å²) in [5, 5.41) is 7.53. The van der Waals surface area contributed by atoms with Crippen molar-refractivity contribution in [2.75, 3.05) is 11.9 Å². The number of hydrazone groups is 1. The van der Waals surface area contributed by atoms with E-state index in [0.29, 0.717) is 10.9 Å². The van der Waals surface area contributed by atoms with Crippen molar-refractivity contribution in [1.29, 1.82) is 0 Å². The highest BCUT2D eigenvalue weighted by molar-refractivity contribution is 6.31. The highest BCUT2D eigenvalue weighted by atomic mass is 35.5. The quantitative estimate of drug-likeness (QED) is 0.637. The van der Waals surface area contributed by atoms with E-state index in [-0.39, 0.29) is 12.5 Å². The van der Waals surface area contributed by atoms with Gasteiger partial charge in [0, 0.05) is 16.9 Å². The van der Waals surface area contributed by atoms with E-state index in [9.17, 15) is 4.79 Å². The molecule has 0 bridgehead atoms. The van der Waals surface area contributed by atoms with Crippen molar-refractivity contribution in [2.45, 2.75) is 20.8 Å². The average Bonchev–Trinajstić information content (AvgIpc) is 2.30.